The zero-order chi connectivity index (χ0) is 17.1. The van der Waals surface area contributed by atoms with Gasteiger partial charge < -0.3 is 18.9 Å². The van der Waals surface area contributed by atoms with Crippen molar-refractivity contribution < 1.29 is 33.3 Å². The van der Waals surface area contributed by atoms with Crippen LogP contribution in [-0.2, 0) is 33.3 Å². The minimum Gasteiger partial charge on any atom is -0.463 e. The number of carbonyl (C=O) groups is 3. The molecule has 0 bridgehead atoms. The lowest BCUT2D eigenvalue weighted by molar-refractivity contribution is -0.166. The lowest BCUT2D eigenvalue weighted by atomic mass is 9.85. The van der Waals surface area contributed by atoms with E-state index in [9.17, 15) is 14.4 Å². The second kappa shape index (κ2) is 7.09. The van der Waals surface area contributed by atoms with Crippen LogP contribution in [0.1, 0.15) is 41.5 Å². The largest absolute Gasteiger partial charge is 0.463 e. The minimum atomic E-state index is -0.815. The van der Waals surface area contributed by atoms with Crippen molar-refractivity contribution in [2.75, 3.05) is 6.61 Å². The van der Waals surface area contributed by atoms with Crippen LogP contribution < -0.4 is 0 Å². The SMILES string of the molecule is CC(=O)OC[C@H]1O[C@@H](C(C)(C)C)[C@H](OC(C)=O)[C@H]1OC(C)=O. The van der Waals surface area contributed by atoms with E-state index in [2.05, 4.69) is 0 Å². The monoisotopic (exact) mass is 316 g/mol. The van der Waals surface area contributed by atoms with Crippen LogP contribution in [0, 0.1) is 5.41 Å². The number of carbonyl (C=O) groups excluding carboxylic acids is 3. The summed E-state index contributed by atoms with van der Waals surface area (Å²) in [6.45, 7) is 9.52. The molecular weight excluding hydrogens is 292 g/mol. The molecule has 7 nitrogen and oxygen atoms in total. The predicted molar refractivity (Wildman–Crippen MR) is 75.9 cm³/mol. The summed E-state index contributed by atoms with van der Waals surface area (Å²) >= 11 is 0. The van der Waals surface area contributed by atoms with Gasteiger partial charge in [0.1, 0.15) is 18.8 Å². The van der Waals surface area contributed by atoms with Crippen LogP contribution in [0.3, 0.4) is 0 Å². The Morgan fingerprint density at radius 2 is 1.41 bits per heavy atom. The first-order valence-corrected chi connectivity index (χ1v) is 7.15. The Bertz CT molecular complexity index is 438. The molecule has 7 heteroatoms. The topological polar surface area (TPSA) is 88.1 Å². The van der Waals surface area contributed by atoms with Gasteiger partial charge in [0.05, 0.1) is 0 Å². The van der Waals surface area contributed by atoms with Crippen LogP contribution >= 0.6 is 0 Å². The van der Waals surface area contributed by atoms with Crippen molar-refractivity contribution in [3.8, 4) is 0 Å². The maximum absolute atomic E-state index is 11.4. The molecule has 22 heavy (non-hydrogen) atoms. The summed E-state index contributed by atoms with van der Waals surface area (Å²) in [5, 5.41) is 0. The zero-order valence-electron chi connectivity index (χ0n) is 13.9. The molecule has 4 atom stereocenters. The van der Waals surface area contributed by atoms with Crippen molar-refractivity contribution in [1.82, 2.24) is 0 Å². The molecule has 0 amide bonds. The molecule has 1 aliphatic rings. The smallest absolute Gasteiger partial charge is 0.303 e. The van der Waals surface area contributed by atoms with Crippen LogP contribution in [0.25, 0.3) is 0 Å². The first kappa shape index (κ1) is 18.4. The summed E-state index contributed by atoms with van der Waals surface area (Å²) in [7, 11) is 0. The van der Waals surface area contributed by atoms with Gasteiger partial charge in [-0.3, -0.25) is 14.4 Å². The first-order chi connectivity index (χ1) is 10.0. The third-order valence-corrected chi connectivity index (χ3v) is 3.22. The van der Waals surface area contributed by atoms with E-state index in [-0.39, 0.29) is 12.0 Å². The highest BCUT2D eigenvalue weighted by molar-refractivity contribution is 5.68. The Balaban J connectivity index is 3.03. The quantitative estimate of drug-likeness (QED) is 0.569. The van der Waals surface area contributed by atoms with Gasteiger partial charge in [0, 0.05) is 20.8 Å². The Kier molecular flexibility index (Phi) is 5.93. The summed E-state index contributed by atoms with van der Waals surface area (Å²) in [6, 6.07) is 0. The molecule has 0 aromatic rings. The number of hydrogen-bond donors (Lipinski definition) is 0. The summed E-state index contributed by atoms with van der Waals surface area (Å²) in [5.41, 5.74) is -0.358. The molecule has 0 saturated carbocycles. The average Bonchev–Trinajstić information content (AvgIpc) is 2.63. The van der Waals surface area contributed by atoms with E-state index in [1.807, 2.05) is 20.8 Å². The highest BCUT2D eigenvalue weighted by atomic mass is 16.6. The predicted octanol–water partition coefficient (Wildman–Crippen LogP) is 1.23. The van der Waals surface area contributed by atoms with Crippen LogP contribution in [0.15, 0.2) is 0 Å². The highest BCUT2D eigenvalue weighted by Crippen LogP contribution is 2.37. The molecule has 1 heterocycles. The molecule has 126 valence electrons. The lowest BCUT2D eigenvalue weighted by Crippen LogP contribution is -2.44. The maximum Gasteiger partial charge on any atom is 0.303 e. The fourth-order valence-corrected chi connectivity index (χ4v) is 2.41. The average molecular weight is 316 g/mol. The van der Waals surface area contributed by atoms with Gasteiger partial charge in [-0.25, -0.2) is 0 Å². The molecule has 0 aliphatic carbocycles. The third-order valence-electron chi connectivity index (χ3n) is 3.22. The van der Waals surface area contributed by atoms with E-state index in [4.69, 9.17) is 18.9 Å². The Hall–Kier alpha value is -1.63. The van der Waals surface area contributed by atoms with Gasteiger partial charge in [0.2, 0.25) is 0 Å². The molecular formula is C15H24O7. The van der Waals surface area contributed by atoms with E-state index in [0.717, 1.165) is 0 Å². The Morgan fingerprint density at radius 3 is 1.82 bits per heavy atom. The standard InChI is InChI=1S/C15H24O7/c1-8(16)19-7-11-12(20-9(2)17)13(21-10(3)18)14(22-11)15(4,5)6/h11-14H,7H2,1-6H3/t11-,12+,13-,14-/m1/s1. The molecule has 0 aromatic heterocycles. The summed E-state index contributed by atoms with van der Waals surface area (Å²) in [4.78, 5) is 33.7. The molecule has 1 saturated heterocycles. The van der Waals surface area contributed by atoms with E-state index in [1.54, 1.807) is 0 Å². The molecule has 1 fully saturated rings. The van der Waals surface area contributed by atoms with E-state index >= 15 is 0 Å². The number of esters is 3. The van der Waals surface area contributed by atoms with Crippen LogP contribution in [0.5, 0.6) is 0 Å². The summed E-state index contributed by atoms with van der Waals surface area (Å²) in [5.74, 6) is -1.48. The van der Waals surface area contributed by atoms with Gasteiger partial charge >= 0.3 is 17.9 Å². The van der Waals surface area contributed by atoms with E-state index < -0.39 is 42.3 Å². The van der Waals surface area contributed by atoms with Crippen LogP contribution in [-0.4, -0.2) is 48.9 Å². The lowest BCUT2D eigenvalue weighted by Gasteiger charge is -2.31. The van der Waals surface area contributed by atoms with Crippen molar-refractivity contribution in [1.29, 1.82) is 0 Å². The van der Waals surface area contributed by atoms with Gasteiger partial charge in [0.25, 0.3) is 0 Å². The number of rotatable bonds is 4. The van der Waals surface area contributed by atoms with Crippen molar-refractivity contribution >= 4 is 17.9 Å². The van der Waals surface area contributed by atoms with E-state index in [1.165, 1.54) is 20.8 Å². The van der Waals surface area contributed by atoms with Gasteiger partial charge in [-0.2, -0.15) is 0 Å². The third kappa shape index (κ3) is 4.98. The van der Waals surface area contributed by atoms with Crippen molar-refractivity contribution in [3.63, 3.8) is 0 Å². The minimum absolute atomic E-state index is 0.0718. The van der Waals surface area contributed by atoms with Crippen molar-refractivity contribution in [2.24, 2.45) is 5.41 Å². The number of hydrogen-bond acceptors (Lipinski definition) is 7. The van der Waals surface area contributed by atoms with Crippen LogP contribution in [0.4, 0.5) is 0 Å². The second-order valence-corrected chi connectivity index (χ2v) is 6.41. The van der Waals surface area contributed by atoms with Crippen molar-refractivity contribution in [3.05, 3.63) is 0 Å². The Morgan fingerprint density at radius 1 is 0.909 bits per heavy atom. The summed E-state index contributed by atoms with van der Waals surface area (Å²) in [6.07, 6.45) is -2.73. The van der Waals surface area contributed by atoms with Crippen molar-refractivity contribution in [2.45, 2.75) is 66.0 Å². The fraction of sp³-hybridized carbons (Fsp3) is 0.800. The molecule has 1 rings (SSSR count). The maximum atomic E-state index is 11.4. The van der Waals surface area contributed by atoms with Gasteiger partial charge in [0.15, 0.2) is 12.2 Å². The molecule has 0 radical (unpaired) electrons. The summed E-state index contributed by atoms with van der Waals surface area (Å²) < 4.78 is 21.4. The normalized spacial score (nSPS) is 28.1. The molecule has 0 spiro atoms. The van der Waals surface area contributed by atoms with Gasteiger partial charge in [-0.15, -0.1) is 0 Å². The second-order valence-electron chi connectivity index (χ2n) is 6.41. The molecule has 0 aromatic carbocycles. The first-order valence-electron chi connectivity index (χ1n) is 7.15. The fourth-order valence-electron chi connectivity index (χ4n) is 2.41. The molecule has 0 N–H and O–H groups in total. The Labute approximate surface area is 130 Å². The van der Waals surface area contributed by atoms with Gasteiger partial charge in [-0.1, -0.05) is 20.8 Å². The zero-order valence-corrected chi connectivity index (χ0v) is 13.9. The van der Waals surface area contributed by atoms with E-state index in [0.29, 0.717) is 0 Å². The molecule has 1 aliphatic heterocycles. The molecule has 0 unspecified atom stereocenters. The van der Waals surface area contributed by atoms with Crippen LogP contribution in [0.2, 0.25) is 0 Å². The highest BCUT2D eigenvalue weighted by Gasteiger charge is 2.53. The number of ether oxygens (including phenoxy) is 4. The van der Waals surface area contributed by atoms with Gasteiger partial charge in [-0.05, 0) is 5.41 Å².